The van der Waals surface area contributed by atoms with Gasteiger partial charge in [-0.2, -0.15) is 0 Å². The lowest BCUT2D eigenvalue weighted by molar-refractivity contribution is -0.167. The fraction of sp³-hybridized carbons (Fsp3) is 0.797. The maximum Gasteiger partial charge on any atom is 0.306 e. The Kier molecular flexibility index (Phi) is 65.7. The zero-order valence-electron chi connectivity index (χ0n) is 53.3. The van der Waals surface area contributed by atoms with Crippen LogP contribution in [-0.4, -0.2) is 37.2 Å². The van der Waals surface area contributed by atoms with Crippen molar-refractivity contribution in [3.05, 3.63) is 72.9 Å². The van der Waals surface area contributed by atoms with Crippen LogP contribution in [-0.2, 0) is 28.6 Å². The molecule has 0 saturated heterocycles. The second-order valence-corrected chi connectivity index (χ2v) is 23.4. The van der Waals surface area contributed by atoms with E-state index in [1.54, 1.807) is 0 Å². The molecule has 0 rings (SSSR count). The largest absolute Gasteiger partial charge is 0.462 e. The van der Waals surface area contributed by atoms with Gasteiger partial charge in [-0.15, -0.1) is 0 Å². The van der Waals surface area contributed by atoms with Crippen LogP contribution in [0.2, 0.25) is 0 Å². The molecule has 0 aliphatic heterocycles. The molecule has 0 radical (unpaired) electrons. The van der Waals surface area contributed by atoms with Crippen LogP contribution in [0.3, 0.4) is 0 Å². The standard InChI is InChI=1S/C74H132O6/c1-4-7-10-13-15-17-19-21-23-25-27-29-31-33-35-36-37-39-40-42-44-46-48-50-52-54-56-58-61-64-67-73(76)79-70-71(69-78-72(75)66-63-60-12-9-6-3)80-74(77)68-65-62-59-57-55-53-51-49-47-45-43-41-38-34-32-30-28-26-24-22-20-18-16-14-11-8-5-2/h8,11,16,18,22,24,28,30,34,38,43,45,71H,4-7,9-10,12-15,17,19-21,23,25-27,29,31-33,35-37,39-42,44,46-70H2,1-3H3/b11-8-,18-16-,24-22-,30-28-,38-34-,45-43-. The Labute approximate surface area is 497 Å². The summed E-state index contributed by atoms with van der Waals surface area (Å²) < 4.78 is 16.8. The van der Waals surface area contributed by atoms with Crippen molar-refractivity contribution < 1.29 is 28.6 Å². The van der Waals surface area contributed by atoms with Gasteiger partial charge in [0.15, 0.2) is 6.10 Å². The molecule has 0 N–H and O–H groups in total. The average molecular weight is 1120 g/mol. The second-order valence-electron chi connectivity index (χ2n) is 23.4. The maximum atomic E-state index is 12.9. The maximum absolute atomic E-state index is 12.9. The molecule has 1 unspecified atom stereocenters. The van der Waals surface area contributed by atoms with Crippen molar-refractivity contribution in [1.82, 2.24) is 0 Å². The Hall–Kier alpha value is -3.15. The zero-order chi connectivity index (χ0) is 57.8. The van der Waals surface area contributed by atoms with Gasteiger partial charge in [0.2, 0.25) is 0 Å². The normalized spacial score (nSPS) is 12.5. The Morgan fingerprint density at radius 2 is 0.487 bits per heavy atom. The van der Waals surface area contributed by atoms with Gasteiger partial charge in [0, 0.05) is 19.3 Å². The fourth-order valence-electron chi connectivity index (χ4n) is 10.3. The summed E-state index contributed by atoms with van der Waals surface area (Å²) in [5, 5.41) is 0. The topological polar surface area (TPSA) is 78.9 Å². The number of allylic oxidation sites excluding steroid dienone is 12. The van der Waals surface area contributed by atoms with E-state index in [0.717, 1.165) is 109 Å². The van der Waals surface area contributed by atoms with Crippen molar-refractivity contribution in [2.75, 3.05) is 13.2 Å². The number of carbonyl (C=O) groups excluding carboxylic acids is 3. The first-order valence-electron chi connectivity index (χ1n) is 34.9. The first-order valence-corrected chi connectivity index (χ1v) is 34.9. The van der Waals surface area contributed by atoms with E-state index in [1.807, 2.05) is 0 Å². The van der Waals surface area contributed by atoms with Crippen molar-refractivity contribution in [2.45, 2.75) is 367 Å². The van der Waals surface area contributed by atoms with Gasteiger partial charge in [-0.05, 0) is 70.6 Å². The minimum atomic E-state index is -0.776. The molecule has 0 aliphatic carbocycles. The van der Waals surface area contributed by atoms with Gasteiger partial charge in [0.25, 0.3) is 0 Å². The van der Waals surface area contributed by atoms with Crippen LogP contribution < -0.4 is 0 Å². The van der Waals surface area contributed by atoms with Crippen LogP contribution in [0.5, 0.6) is 0 Å². The highest BCUT2D eigenvalue weighted by atomic mass is 16.6. The third-order valence-electron chi connectivity index (χ3n) is 15.5. The molecule has 464 valence electrons. The molecule has 6 nitrogen and oxygen atoms in total. The summed E-state index contributed by atoms with van der Waals surface area (Å²) in [5.41, 5.74) is 0. The van der Waals surface area contributed by atoms with Crippen molar-refractivity contribution >= 4 is 17.9 Å². The molecule has 0 heterocycles. The van der Waals surface area contributed by atoms with E-state index in [-0.39, 0.29) is 31.1 Å². The van der Waals surface area contributed by atoms with Crippen LogP contribution in [0.25, 0.3) is 0 Å². The molecule has 6 heteroatoms. The first-order chi connectivity index (χ1) is 39.5. The number of rotatable bonds is 64. The number of esters is 3. The second kappa shape index (κ2) is 68.3. The Morgan fingerprint density at radius 1 is 0.263 bits per heavy atom. The number of ether oxygens (including phenoxy) is 3. The number of carbonyl (C=O) groups is 3. The molecule has 0 aromatic heterocycles. The summed E-state index contributed by atoms with van der Waals surface area (Å²) >= 11 is 0. The summed E-state index contributed by atoms with van der Waals surface area (Å²) in [6.45, 7) is 6.49. The van der Waals surface area contributed by atoms with Crippen LogP contribution in [0.1, 0.15) is 361 Å². The van der Waals surface area contributed by atoms with Gasteiger partial charge < -0.3 is 14.2 Å². The van der Waals surface area contributed by atoms with Crippen molar-refractivity contribution in [1.29, 1.82) is 0 Å². The van der Waals surface area contributed by atoms with E-state index >= 15 is 0 Å². The highest BCUT2D eigenvalue weighted by Gasteiger charge is 2.19. The van der Waals surface area contributed by atoms with Gasteiger partial charge in [0.1, 0.15) is 13.2 Å². The highest BCUT2D eigenvalue weighted by Crippen LogP contribution is 2.18. The molecule has 0 fully saturated rings. The molecule has 80 heavy (non-hydrogen) atoms. The van der Waals surface area contributed by atoms with Gasteiger partial charge in [0.05, 0.1) is 0 Å². The molecular weight excluding hydrogens is 985 g/mol. The van der Waals surface area contributed by atoms with E-state index < -0.39 is 6.10 Å². The first kappa shape index (κ1) is 76.9. The predicted molar refractivity (Wildman–Crippen MR) is 348 cm³/mol. The summed E-state index contributed by atoms with van der Waals surface area (Å²) in [5.74, 6) is -0.881. The van der Waals surface area contributed by atoms with Gasteiger partial charge in [-0.3, -0.25) is 14.4 Å². The number of hydrogen-bond acceptors (Lipinski definition) is 6. The van der Waals surface area contributed by atoms with E-state index in [9.17, 15) is 14.4 Å². The average Bonchev–Trinajstić information content (AvgIpc) is 3.46. The van der Waals surface area contributed by atoms with Crippen LogP contribution in [0, 0.1) is 0 Å². The summed E-state index contributed by atoms with van der Waals surface area (Å²) in [4.78, 5) is 38.0. The Balaban J connectivity index is 3.97. The molecule has 1 atom stereocenters. The number of unbranched alkanes of at least 4 members (excludes halogenated alkanes) is 41. The fourth-order valence-corrected chi connectivity index (χ4v) is 10.3. The minimum absolute atomic E-state index is 0.0754. The van der Waals surface area contributed by atoms with Crippen molar-refractivity contribution in [2.24, 2.45) is 0 Å². The molecule has 0 bridgehead atoms. The highest BCUT2D eigenvalue weighted by molar-refractivity contribution is 5.71. The molecule has 0 saturated carbocycles. The number of hydrogen-bond donors (Lipinski definition) is 0. The van der Waals surface area contributed by atoms with Crippen molar-refractivity contribution in [3.63, 3.8) is 0 Å². The minimum Gasteiger partial charge on any atom is -0.462 e. The van der Waals surface area contributed by atoms with Gasteiger partial charge in [-0.1, -0.05) is 344 Å². The summed E-state index contributed by atoms with van der Waals surface area (Å²) in [7, 11) is 0. The molecule has 0 aromatic carbocycles. The molecule has 0 aliphatic rings. The Bertz CT molecular complexity index is 1470. The molecule has 0 spiro atoms. The lowest BCUT2D eigenvalue weighted by Gasteiger charge is -2.18. The quantitative estimate of drug-likeness (QED) is 0.0261. The predicted octanol–water partition coefficient (Wildman–Crippen LogP) is 24.1. The summed E-state index contributed by atoms with van der Waals surface area (Å²) in [6, 6.07) is 0. The van der Waals surface area contributed by atoms with Gasteiger partial charge in [-0.25, -0.2) is 0 Å². The monoisotopic (exact) mass is 1120 g/mol. The zero-order valence-corrected chi connectivity index (χ0v) is 53.3. The molecule has 0 aromatic rings. The molecule has 0 amide bonds. The third-order valence-corrected chi connectivity index (χ3v) is 15.5. The van der Waals surface area contributed by atoms with E-state index in [0.29, 0.717) is 19.3 Å². The van der Waals surface area contributed by atoms with Crippen LogP contribution >= 0.6 is 0 Å². The Morgan fingerprint density at radius 3 is 0.762 bits per heavy atom. The van der Waals surface area contributed by atoms with E-state index in [2.05, 4.69) is 93.7 Å². The lowest BCUT2D eigenvalue weighted by atomic mass is 10.0. The van der Waals surface area contributed by atoms with E-state index in [4.69, 9.17) is 14.2 Å². The summed E-state index contributed by atoms with van der Waals surface area (Å²) in [6.07, 6.45) is 89.9. The van der Waals surface area contributed by atoms with Crippen LogP contribution in [0.4, 0.5) is 0 Å². The lowest BCUT2D eigenvalue weighted by Crippen LogP contribution is -2.30. The SMILES string of the molecule is CC/C=C\C/C=C\C/C=C\C/C=C\C/C=C\C/C=C\CCCCCCCCCCC(=O)OC(COC(=O)CCCCCCC)COC(=O)CCCCCCCCCCCCCCCCCCCCCCCCCCCCCCCC. The smallest absolute Gasteiger partial charge is 0.306 e. The van der Waals surface area contributed by atoms with E-state index in [1.165, 1.54) is 212 Å². The third kappa shape index (κ3) is 65.7. The molecular formula is C74H132O6. The van der Waals surface area contributed by atoms with Gasteiger partial charge >= 0.3 is 17.9 Å². The van der Waals surface area contributed by atoms with Crippen LogP contribution in [0.15, 0.2) is 72.9 Å². The van der Waals surface area contributed by atoms with Crippen molar-refractivity contribution in [3.8, 4) is 0 Å².